The highest BCUT2D eigenvalue weighted by molar-refractivity contribution is 5.78. The quantitative estimate of drug-likeness (QED) is 0.855. The van der Waals surface area contributed by atoms with Gasteiger partial charge in [0.15, 0.2) is 0 Å². The number of amides is 1. The molecule has 0 aromatic heterocycles. The fourth-order valence-electron chi connectivity index (χ4n) is 3.87. The molecule has 1 saturated heterocycles. The lowest BCUT2D eigenvalue weighted by atomic mass is 9.79. The molecular formula is C21H34N2O. The van der Waals surface area contributed by atoms with Crippen molar-refractivity contribution in [3.8, 4) is 0 Å². The Labute approximate surface area is 147 Å². The molecule has 1 aliphatic rings. The van der Waals surface area contributed by atoms with Crippen molar-refractivity contribution >= 4 is 5.91 Å². The molecule has 1 amide bonds. The minimum Gasteiger partial charge on any atom is -0.342 e. The monoisotopic (exact) mass is 330 g/mol. The summed E-state index contributed by atoms with van der Waals surface area (Å²) in [6.07, 6.45) is 3.24. The number of benzene rings is 1. The lowest BCUT2D eigenvalue weighted by Gasteiger charge is -2.36. The zero-order chi connectivity index (χ0) is 17.7. The standard InChI is InChI=1S/C21H34N2O/c1-16(2)20(24)23-13-11-19(12-14-23)22-17(3)15-21(4,5)18-9-7-6-8-10-18/h6-10,16-17,19,22H,11-15H2,1-5H3. The van der Waals surface area contributed by atoms with Crippen LogP contribution < -0.4 is 5.32 Å². The van der Waals surface area contributed by atoms with Crippen LogP contribution in [0.2, 0.25) is 0 Å². The first kappa shape index (κ1) is 19.0. The maximum absolute atomic E-state index is 12.1. The molecule has 1 atom stereocenters. The van der Waals surface area contributed by atoms with E-state index in [1.54, 1.807) is 0 Å². The van der Waals surface area contributed by atoms with Crippen molar-refractivity contribution in [2.45, 2.75) is 71.4 Å². The van der Waals surface area contributed by atoms with Crippen molar-refractivity contribution in [1.29, 1.82) is 0 Å². The highest BCUT2D eigenvalue weighted by atomic mass is 16.2. The van der Waals surface area contributed by atoms with Gasteiger partial charge in [-0.2, -0.15) is 0 Å². The summed E-state index contributed by atoms with van der Waals surface area (Å²) in [6, 6.07) is 11.8. The van der Waals surface area contributed by atoms with Crippen molar-refractivity contribution < 1.29 is 4.79 Å². The molecule has 0 spiro atoms. The smallest absolute Gasteiger partial charge is 0.225 e. The summed E-state index contributed by atoms with van der Waals surface area (Å²) in [4.78, 5) is 14.1. The van der Waals surface area contributed by atoms with Crippen LogP contribution in [0.1, 0.15) is 59.4 Å². The van der Waals surface area contributed by atoms with E-state index in [9.17, 15) is 4.79 Å². The van der Waals surface area contributed by atoms with Gasteiger partial charge in [-0.05, 0) is 37.2 Å². The van der Waals surface area contributed by atoms with Crippen LogP contribution in [0.15, 0.2) is 30.3 Å². The molecule has 0 saturated carbocycles. The molecule has 1 aromatic carbocycles. The summed E-state index contributed by atoms with van der Waals surface area (Å²) in [5.74, 6) is 0.409. The van der Waals surface area contributed by atoms with Gasteiger partial charge < -0.3 is 10.2 Å². The zero-order valence-corrected chi connectivity index (χ0v) is 16.0. The first-order valence-electron chi connectivity index (χ1n) is 9.40. The summed E-state index contributed by atoms with van der Waals surface area (Å²) in [7, 11) is 0. The summed E-state index contributed by atoms with van der Waals surface area (Å²) >= 11 is 0. The van der Waals surface area contributed by atoms with Gasteiger partial charge in [-0.3, -0.25) is 4.79 Å². The number of nitrogens with zero attached hydrogens (tertiary/aromatic N) is 1. The average molecular weight is 331 g/mol. The maximum Gasteiger partial charge on any atom is 0.225 e. The van der Waals surface area contributed by atoms with Crippen LogP contribution in [-0.4, -0.2) is 36.0 Å². The largest absolute Gasteiger partial charge is 0.342 e. The molecule has 3 nitrogen and oxygen atoms in total. The second-order valence-electron chi connectivity index (χ2n) is 8.28. The Morgan fingerprint density at radius 1 is 1.17 bits per heavy atom. The van der Waals surface area contributed by atoms with Gasteiger partial charge in [-0.1, -0.05) is 58.0 Å². The van der Waals surface area contributed by atoms with E-state index in [-0.39, 0.29) is 11.3 Å². The van der Waals surface area contributed by atoms with Crippen molar-refractivity contribution in [2.75, 3.05) is 13.1 Å². The lowest BCUT2D eigenvalue weighted by Crippen LogP contribution is -2.48. The molecule has 3 heteroatoms. The number of likely N-dealkylation sites (tertiary alicyclic amines) is 1. The molecule has 2 rings (SSSR count). The van der Waals surface area contributed by atoms with Crippen LogP contribution in [0.3, 0.4) is 0 Å². The predicted molar refractivity (Wildman–Crippen MR) is 101 cm³/mol. The summed E-state index contributed by atoms with van der Waals surface area (Å²) in [5.41, 5.74) is 1.57. The Hall–Kier alpha value is -1.35. The topological polar surface area (TPSA) is 32.3 Å². The Kier molecular flexibility index (Phi) is 6.45. The van der Waals surface area contributed by atoms with Crippen LogP contribution in [0, 0.1) is 5.92 Å². The normalized spacial score (nSPS) is 18.0. The van der Waals surface area contributed by atoms with Gasteiger partial charge in [-0.25, -0.2) is 0 Å². The third-order valence-corrected chi connectivity index (χ3v) is 5.19. The van der Waals surface area contributed by atoms with Gasteiger partial charge in [0.05, 0.1) is 0 Å². The number of carbonyl (C=O) groups is 1. The van der Waals surface area contributed by atoms with E-state index >= 15 is 0 Å². The van der Waals surface area contributed by atoms with Gasteiger partial charge in [0, 0.05) is 31.1 Å². The van der Waals surface area contributed by atoms with Gasteiger partial charge in [0.25, 0.3) is 0 Å². The minimum atomic E-state index is 0.111. The minimum absolute atomic E-state index is 0.111. The number of piperidine rings is 1. The highest BCUT2D eigenvalue weighted by Gasteiger charge is 2.27. The number of hydrogen-bond acceptors (Lipinski definition) is 2. The third kappa shape index (κ3) is 5.07. The number of carbonyl (C=O) groups excluding carboxylic acids is 1. The van der Waals surface area contributed by atoms with Gasteiger partial charge >= 0.3 is 0 Å². The van der Waals surface area contributed by atoms with E-state index in [1.165, 1.54) is 5.56 Å². The third-order valence-electron chi connectivity index (χ3n) is 5.19. The van der Waals surface area contributed by atoms with Crippen molar-refractivity contribution in [1.82, 2.24) is 10.2 Å². The van der Waals surface area contributed by atoms with Crippen molar-refractivity contribution in [3.05, 3.63) is 35.9 Å². The van der Waals surface area contributed by atoms with E-state index in [0.717, 1.165) is 32.4 Å². The van der Waals surface area contributed by atoms with E-state index in [1.807, 2.05) is 18.7 Å². The zero-order valence-electron chi connectivity index (χ0n) is 16.0. The maximum atomic E-state index is 12.1. The molecule has 1 aromatic rings. The summed E-state index contributed by atoms with van der Waals surface area (Å²) < 4.78 is 0. The lowest BCUT2D eigenvalue weighted by molar-refractivity contribution is -0.135. The van der Waals surface area contributed by atoms with Crippen molar-refractivity contribution in [3.63, 3.8) is 0 Å². The fraction of sp³-hybridized carbons (Fsp3) is 0.667. The van der Waals surface area contributed by atoms with E-state index < -0.39 is 0 Å². The van der Waals surface area contributed by atoms with Crippen molar-refractivity contribution in [2.24, 2.45) is 5.92 Å². The Bertz CT molecular complexity index is 516. The molecule has 24 heavy (non-hydrogen) atoms. The van der Waals surface area contributed by atoms with Crippen LogP contribution >= 0.6 is 0 Å². The first-order chi connectivity index (χ1) is 11.3. The highest BCUT2D eigenvalue weighted by Crippen LogP contribution is 2.28. The molecule has 1 aliphatic heterocycles. The Balaban J connectivity index is 1.81. The Morgan fingerprint density at radius 2 is 1.75 bits per heavy atom. The summed E-state index contributed by atoms with van der Waals surface area (Å²) in [5, 5.41) is 3.80. The molecule has 0 aliphatic carbocycles. The van der Waals surface area contributed by atoms with Crippen LogP contribution in [0.5, 0.6) is 0 Å². The predicted octanol–water partition coefficient (Wildman–Crippen LogP) is 3.98. The molecule has 0 bridgehead atoms. The second-order valence-corrected chi connectivity index (χ2v) is 8.28. The number of nitrogens with one attached hydrogen (secondary N) is 1. The molecule has 0 radical (unpaired) electrons. The fourth-order valence-corrected chi connectivity index (χ4v) is 3.87. The molecule has 1 heterocycles. The molecule has 134 valence electrons. The van der Waals surface area contributed by atoms with Gasteiger partial charge in [0.2, 0.25) is 5.91 Å². The SMILES string of the molecule is CC(CC(C)(C)c1ccccc1)NC1CCN(C(=O)C(C)C)CC1. The van der Waals surface area contributed by atoms with Gasteiger partial charge in [-0.15, -0.1) is 0 Å². The molecule has 1 N–H and O–H groups in total. The van der Waals surface area contributed by atoms with Gasteiger partial charge in [0.1, 0.15) is 0 Å². The van der Waals surface area contributed by atoms with E-state index in [2.05, 4.69) is 56.4 Å². The Morgan fingerprint density at radius 3 is 2.29 bits per heavy atom. The number of hydrogen-bond donors (Lipinski definition) is 1. The molecular weight excluding hydrogens is 296 g/mol. The molecule has 1 unspecified atom stereocenters. The van der Waals surface area contributed by atoms with E-state index in [0.29, 0.717) is 18.0 Å². The second kappa shape index (κ2) is 8.15. The van der Waals surface area contributed by atoms with Crippen LogP contribution in [-0.2, 0) is 10.2 Å². The molecule has 1 fully saturated rings. The summed E-state index contributed by atoms with van der Waals surface area (Å²) in [6.45, 7) is 12.7. The van der Waals surface area contributed by atoms with Crippen LogP contribution in [0.4, 0.5) is 0 Å². The first-order valence-corrected chi connectivity index (χ1v) is 9.40. The van der Waals surface area contributed by atoms with E-state index in [4.69, 9.17) is 0 Å². The van der Waals surface area contributed by atoms with Crippen LogP contribution in [0.25, 0.3) is 0 Å². The number of rotatable bonds is 6. The average Bonchev–Trinajstić information content (AvgIpc) is 2.55.